The first-order chi connectivity index (χ1) is 8.60. The molecule has 0 saturated heterocycles. The lowest BCUT2D eigenvalue weighted by molar-refractivity contribution is 0.0975. The van der Waals surface area contributed by atoms with Gasteiger partial charge in [-0.3, -0.25) is 4.79 Å². The molecule has 1 amide bonds. The Morgan fingerprint density at radius 2 is 1.89 bits per heavy atom. The van der Waals surface area contributed by atoms with Gasteiger partial charge in [-0.25, -0.2) is 0 Å². The maximum atomic E-state index is 11.3. The summed E-state index contributed by atoms with van der Waals surface area (Å²) in [6.45, 7) is 0. The standard InChI is InChI=1S/C11H5Cl2N3O2/c12-7-3-6(4-8(13)5-7)9-1-2-10(18-9)11(17)15-16-14/h1-5H. The number of halogens is 2. The maximum absolute atomic E-state index is 11.3. The number of carbonyl (C=O) groups is 1. The van der Waals surface area contributed by atoms with E-state index in [9.17, 15) is 4.79 Å². The summed E-state index contributed by atoms with van der Waals surface area (Å²) in [5, 5.41) is 3.84. The van der Waals surface area contributed by atoms with Crippen molar-refractivity contribution in [3.8, 4) is 11.3 Å². The van der Waals surface area contributed by atoms with Gasteiger partial charge in [0.1, 0.15) is 5.76 Å². The number of rotatable bonds is 2. The Balaban J connectivity index is 2.40. The lowest BCUT2D eigenvalue weighted by Gasteiger charge is -1.99. The summed E-state index contributed by atoms with van der Waals surface area (Å²) in [6, 6.07) is 7.87. The average Bonchev–Trinajstić information content (AvgIpc) is 2.77. The number of carbonyl (C=O) groups excluding carboxylic acids is 1. The van der Waals surface area contributed by atoms with E-state index in [1.165, 1.54) is 6.07 Å². The molecule has 0 N–H and O–H groups in total. The van der Waals surface area contributed by atoms with Crippen LogP contribution in [0.1, 0.15) is 10.6 Å². The van der Waals surface area contributed by atoms with E-state index in [0.29, 0.717) is 21.4 Å². The van der Waals surface area contributed by atoms with Crippen molar-refractivity contribution in [3.63, 3.8) is 0 Å². The molecule has 0 radical (unpaired) electrons. The number of nitrogens with zero attached hydrogens (tertiary/aromatic N) is 3. The van der Waals surface area contributed by atoms with Crippen molar-refractivity contribution in [2.24, 2.45) is 5.11 Å². The van der Waals surface area contributed by atoms with Crippen molar-refractivity contribution in [1.29, 1.82) is 0 Å². The molecule has 18 heavy (non-hydrogen) atoms. The van der Waals surface area contributed by atoms with Crippen molar-refractivity contribution in [3.05, 3.63) is 56.6 Å². The molecule has 1 aromatic heterocycles. The molecule has 90 valence electrons. The molecule has 0 bridgehead atoms. The van der Waals surface area contributed by atoms with E-state index < -0.39 is 5.91 Å². The molecule has 0 fully saturated rings. The first-order valence-electron chi connectivity index (χ1n) is 4.76. The summed E-state index contributed by atoms with van der Waals surface area (Å²) < 4.78 is 5.26. The van der Waals surface area contributed by atoms with Crippen LogP contribution < -0.4 is 0 Å². The van der Waals surface area contributed by atoms with Crippen LogP contribution in [0, 0.1) is 0 Å². The van der Waals surface area contributed by atoms with E-state index in [1.807, 2.05) is 0 Å². The van der Waals surface area contributed by atoms with Gasteiger partial charge in [0.2, 0.25) is 0 Å². The molecule has 2 aromatic rings. The fraction of sp³-hybridized carbons (Fsp3) is 0. The predicted molar refractivity (Wildman–Crippen MR) is 67.6 cm³/mol. The van der Waals surface area contributed by atoms with Crippen LogP contribution in [0.2, 0.25) is 10.0 Å². The minimum Gasteiger partial charge on any atom is -0.453 e. The van der Waals surface area contributed by atoms with E-state index in [1.54, 1.807) is 24.3 Å². The number of amides is 1. The molecule has 0 aliphatic rings. The van der Waals surface area contributed by atoms with Gasteiger partial charge in [-0.05, 0) is 41.0 Å². The van der Waals surface area contributed by atoms with Crippen LogP contribution in [0.3, 0.4) is 0 Å². The lowest BCUT2D eigenvalue weighted by atomic mass is 10.2. The van der Waals surface area contributed by atoms with Gasteiger partial charge in [-0.1, -0.05) is 23.2 Å². The van der Waals surface area contributed by atoms with Crippen molar-refractivity contribution in [1.82, 2.24) is 0 Å². The molecule has 0 saturated carbocycles. The molecule has 2 rings (SSSR count). The van der Waals surface area contributed by atoms with Gasteiger partial charge in [0.05, 0.1) is 0 Å². The molecule has 0 aliphatic heterocycles. The topological polar surface area (TPSA) is 79.0 Å². The highest BCUT2D eigenvalue weighted by atomic mass is 35.5. The van der Waals surface area contributed by atoms with E-state index in [2.05, 4.69) is 10.0 Å². The van der Waals surface area contributed by atoms with Crippen molar-refractivity contribution in [2.45, 2.75) is 0 Å². The Bertz CT molecular complexity index is 640. The number of furan rings is 1. The normalized spacial score (nSPS) is 9.89. The highest BCUT2D eigenvalue weighted by Crippen LogP contribution is 2.28. The third-order valence-corrected chi connectivity index (χ3v) is 2.54. The molecule has 7 heteroatoms. The third kappa shape index (κ3) is 2.65. The van der Waals surface area contributed by atoms with Crippen LogP contribution in [0.25, 0.3) is 21.8 Å². The molecule has 0 unspecified atom stereocenters. The van der Waals surface area contributed by atoms with Gasteiger partial charge in [0, 0.05) is 20.5 Å². The predicted octanol–water partition coefficient (Wildman–Crippen LogP) is 4.70. The second kappa shape index (κ2) is 5.14. The molecular formula is C11H5Cl2N3O2. The zero-order chi connectivity index (χ0) is 13.1. The van der Waals surface area contributed by atoms with Crippen LogP contribution in [0.5, 0.6) is 0 Å². The Morgan fingerprint density at radius 1 is 1.22 bits per heavy atom. The number of benzene rings is 1. The smallest absolute Gasteiger partial charge is 0.284 e. The average molecular weight is 282 g/mol. The number of hydrogen-bond donors (Lipinski definition) is 0. The van der Waals surface area contributed by atoms with E-state index in [0.717, 1.165) is 0 Å². The fourth-order valence-electron chi connectivity index (χ4n) is 1.39. The van der Waals surface area contributed by atoms with Crippen molar-refractivity contribution >= 4 is 29.1 Å². The van der Waals surface area contributed by atoms with Gasteiger partial charge in [-0.2, -0.15) is 0 Å². The highest BCUT2D eigenvalue weighted by molar-refractivity contribution is 6.35. The summed E-state index contributed by atoms with van der Waals surface area (Å²) in [7, 11) is 0. The summed E-state index contributed by atoms with van der Waals surface area (Å²) in [4.78, 5) is 13.7. The Labute approximate surface area is 112 Å². The highest BCUT2D eigenvalue weighted by Gasteiger charge is 2.11. The van der Waals surface area contributed by atoms with Crippen LogP contribution in [0.4, 0.5) is 0 Å². The second-order valence-electron chi connectivity index (χ2n) is 3.32. The van der Waals surface area contributed by atoms with Gasteiger partial charge in [0.25, 0.3) is 5.91 Å². The van der Waals surface area contributed by atoms with Crippen LogP contribution >= 0.6 is 23.2 Å². The summed E-state index contributed by atoms with van der Waals surface area (Å²) in [6.07, 6.45) is 0. The summed E-state index contributed by atoms with van der Waals surface area (Å²) >= 11 is 11.7. The van der Waals surface area contributed by atoms with E-state index in [4.69, 9.17) is 33.2 Å². The quantitative estimate of drug-likeness (QED) is 0.454. The molecule has 1 aromatic carbocycles. The second-order valence-corrected chi connectivity index (χ2v) is 4.19. The maximum Gasteiger partial charge on any atom is 0.284 e. The molecule has 0 atom stereocenters. The SMILES string of the molecule is [N-]=[N+]=NC(=O)c1ccc(-c2cc(Cl)cc(Cl)c2)o1. The van der Waals surface area contributed by atoms with E-state index >= 15 is 0 Å². The number of hydrogen-bond acceptors (Lipinski definition) is 2. The molecular weight excluding hydrogens is 277 g/mol. The Hall–Kier alpha value is -1.94. The van der Waals surface area contributed by atoms with Crippen molar-refractivity contribution < 1.29 is 9.21 Å². The monoisotopic (exact) mass is 281 g/mol. The molecule has 0 spiro atoms. The summed E-state index contributed by atoms with van der Waals surface area (Å²) in [5.74, 6) is -0.410. The first-order valence-corrected chi connectivity index (χ1v) is 5.51. The third-order valence-electron chi connectivity index (χ3n) is 2.10. The zero-order valence-corrected chi connectivity index (χ0v) is 10.3. The van der Waals surface area contributed by atoms with Crippen LogP contribution in [-0.4, -0.2) is 5.91 Å². The first kappa shape index (κ1) is 12.5. The molecule has 0 aliphatic carbocycles. The lowest BCUT2D eigenvalue weighted by Crippen LogP contribution is -1.88. The number of azide groups is 1. The Morgan fingerprint density at radius 3 is 2.50 bits per heavy atom. The molecule has 5 nitrogen and oxygen atoms in total. The van der Waals surface area contributed by atoms with Crippen LogP contribution in [0.15, 0.2) is 39.9 Å². The fourth-order valence-corrected chi connectivity index (χ4v) is 1.92. The van der Waals surface area contributed by atoms with E-state index in [-0.39, 0.29) is 5.76 Å². The van der Waals surface area contributed by atoms with Crippen molar-refractivity contribution in [2.75, 3.05) is 0 Å². The van der Waals surface area contributed by atoms with Gasteiger partial charge in [0.15, 0.2) is 5.76 Å². The van der Waals surface area contributed by atoms with Crippen LogP contribution in [-0.2, 0) is 0 Å². The largest absolute Gasteiger partial charge is 0.453 e. The minimum atomic E-state index is -0.781. The Kier molecular flexibility index (Phi) is 3.58. The van der Waals surface area contributed by atoms with Gasteiger partial charge < -0.3 is 4.42 Å². The molecule has 1 heterocycles. The van der Waals surface area contributed by atoms with Gasteiger partial charge >= 0.3 is 0 Å². The summed E-state index contributed by atoms with van der Waals surface area (Å²) in [5.41, 5.74) is 8.79. The van der Waals surface area contributed by atoms with Gasteiger partial charge in [-0.15, -0.1) is 0 Å². The zero-order valence-electron chi connectivity index (χ0n) is 8.80. The minimum absolute atomic E-state index is 0.0427.